The summed E-state index contributed by atoms with van der Waals surface area (Å²) in [5, 5.41) is 5.77. The van der Waals surface area contributed by atoms with Crippen LogP contribution in [0.15, 0.2) is 16.2 Å². The van der Waals surface area contributed by atoms with E-state index in [4.69, 9.17) is 0 Å². The molecule has 0 atom stereocenters. The molecule has 0 amide bonds. The summed E-state index contributed by atoms with van der Waals surface area (Å²) in [7, 11) is 1.83. The third kappa shape index (κ3) is 2.56. The first-order chi connectivity index (χ1) is 9.08. The third-order valence-electron chi connectivity index (χ3n) is 3.13. The van der Waals surface area contributed by atoms with Gasteiger partial charge in [0.2, 0.25) is 0 Å². The van der Waals surface area contributed by atoms with E-state index in [1.807, 2.05) is 30.8 Å². The maximum Gasteiger partial charge on any atom is 0.260 e. The van der Waals surface area contributed by atoms with Crippen molar-refractivity contribution >= 4 is 16.5 Å². The first-order valence-corrected chi connectivity index (χ1v) is 7.31. The van der Waals surface area contributed by atoms with E-state index in [-0.39, 0.29) is 5.56 Å². The summed E-state index contributed by atoms with van der Waals surface area (Å²) in [6.07, 6.45) is 0.947. The monoisotopic (exact) mass is 277 g/mol. The molecule has 2 heterocycles. The van der Waals surface area contributed by atoms with E-state index in [2.05, 4.69) is 23.3 Å². The van der Waals surface area contributed by atoms with Crippen LogP contribution >= 0.6 is 11.3 Å². The number of anilines is 1. The van der Waals surface area contributed by atoms with Crippen molar-refractivity contribution in [1.82, 2.24) is 9.55 Å². The van der Waals surface area contributed by atoms with Gasteiger partial charge in [-0.15, -0.1) is 11.3 Å². The molecular weight excluding hydrogens is 258 g/mol. The zero-order valence-corrected chi connectivity index (χ0v) is 12.6. The molecule has 102 valence electrons. The Balaban J connectivity index is 2.62. The Labute approximate surface area is 117 Å². The second-order valence-corrected chi connectivity index (χ2v) is 5.45. The van der Waals surface area contributed by atoms with Crippen LogP contribution in [-0.2, 0) is 6.54 Å². The predicted octanol–water partition coefficient (Wildman–Crippen LogP) is 3.04. The van der Waals surface area contributed by atoms with Gasteiger partial charge in [-0.25, -0.2) is 4.98 Å². The van der Waals surface area contributed by atoms with Crippen LogP contribution in [0.1, 0.15) is 24.6 Å². The lowest BCUT2D eigenvalue weighted by Gasteiger charge is -2.12. The molecule has 4 nitrogen and oxygen atoms in total. The quantitative estimate of drug-likeness (QED) is 0.934. The molecule has 0 unspecified atom stereocenters. The maximum atomic E-state index is 12.6. The van der Waals surface area contributed by atoms with Crippen molar-refractivity contribution in [2.75, 3.05) is 12.4 Å². The molecule has 0 aliphatic carbocycles. The van der Waals surface area contributed by atoms with E-state index in [1.165, 1.54) is 11.3 Å². The van der Waals surface area contributed by atoms with Gasteiger partial charge in [0.25, 0.3) is 5.56 Å². The molecule has 0 fully saturated rings. The lowest BCUT2D eigenvalue weighted by molar-refractivity contribution is 0.635. The number of nitrogens with zero attached hydrogens (tertiary/aromatic N) is 2. The van der Waals surface area contributed by atoms with Gasteiger partial charge in [-0.3, -0.25) is 4.79 Å². The van der Waals surface area contributed by atoms with E-state index in [9.17, 15) is 4.79 Å². The van der Waals surface area contributed by atoms with Crippen LogP contribution < -0.4 is 10.9 Å². The summed E-state index contributed by atoms with van der Waals surface area (Å²) < 4.78 is 1.83. The number of pyridine rings is 1. The van der Waals surface area contributed by atoms with Crippen molar-refractivity contribution in [2.45, 2.75) is 33.7 Å². The zero-order chi connectivity index (χ0) is 14.0. The number of rotatable bonds is 4. The van der Waals surface area contributed by atoms with E-state index >= 15 is 0 Å². The normalized spacial score (nSPS) is 10.7. The van der Waals surface area contributed by atoms with Crippen LogP contribution in [0.2, 0.25) is 0 Å². The molecule has 2 aromatic heterocycles. The van der Waals surface area contributed by atoms with E-state index in [1.54, 1.807) is 0 Å². The Hall–Kier alpha value is -1.62. The van der Waals surface area contributed by atoms with Gasteiger partial charge >= 0.3 is 0 Å². The standard InChI is InChI=1S/C14H19N3OS/c1-5-6-17-10(3)7-9(2)12(13(17)18)11-8-19-14(15-4)16-11/h7-8H,5-6H2,1-4H3,(H,15,16). The van der Waals surface area contributed by atoms with Crippen molar-refractivity contribution in [3.8, 4) is 11.3 Å². The highest BCUT2D eigenvalue weighted by atomic mass is 32.1. The molecule has 19 heavy (non-hydrogen) atoms. The molecule has 0 radical (unpaired) electrons. The van der Waals surface area contributed by atoms with Crippen LogP contribution in [0.4, 0.5) is 5.13 Å². The summed E-state index contributed by atoms with van der Waals surface area (Å²) in [6.45, 7) is 6.78. The number of aromatic nitrogens is 2. The number of nitrogens with one attached hydrogen (secondary N) is 1. The largest absolute Gasteiger partial charge is 0.365 e. The molecular formula is C14H19N3OS. The first kappa shape index (κ1) is 13.8. The number of thiazole rings is 1. The average molecular weight is 277 g/mol. The minimum absolute atomic E-state index is 0.0623. The molecule has 0 saturated carbocycles. The fourth-order valence-corrected chi connectivity index (χ4v) is 2.91. The lowest BCUT2D eigenvalue weighted by atomic mass is 10.1. The Morgan fingerprint density at radius 1 is 1.42 bits per heavy atom. The van der Waals surface area contributed by atoms with Gasteiger partial charge in [-0.05, 0) is 31.9 Å². The summed E-state index contributed by atoms with van der Waals surface area (Å²) >= 11 is 1.51. The van der Waals surface area contributed by atoms with Crippen LogP contribution in [0, 0.1) is 13.8 Å². The first-order valence-electron chi connectivity index (χ1n) is 6.43. The highest BCUT2D eigenvalue weighted by molar-refractivity contribution is 7.14. The third-order valence-corrected chi connectivity index (χ3v) is 3.99. The van der Waals surface area contributed by atoms with Crippen molar-refractivity contribution in [2.24, 2.45) is 0 Å². The highest BCUT2D eigenvalue weighted by Gasteiger charge is 2.14. The summed E-state index contributed by atoms with van der Waals surface area (Å²) in [4.78, 5) is 17.1. The number of hydrogen-bond donors (Lipinski definition) is 1. The van der Waals surface area contributed by atoms with Gasteiger partial charge in [0, 0.05) is 24.7 Å². The second-order valence-electron chi connectivity index (χ2n) is 4.59. The van der Waals surface area contributed by atoms with Gasteiger partial charge in [0.05, 0.1) is 11.3 Å². The predicted molar refractivity (Wildman–Crippen MR) is 81.1 cm³/mol. The molecule has 0 aromatic carbocycles. The summed E-state index contributed by atoms with van der Waals surface area (Å²) in [5.41, 5.74) is 3.55. The Morgan fingerprint density at radius 2 is 2.16 bits per heavy atom. The van der Waals surface area contributed by atoms with E-state index in [0.29, 0.717) is 0 Å². The van der Waals surface area contributed by atoms with Gasteiger partial charge in [0.1, 0.15) is 0 Å². The van der Waals surface area contributed by atoms with Gasteiger partial charge in [-0.2, -0.15) is 0 Å². The highest BCUT2D eigenvalue weighted by Crippen LogP contribution is 2.25. The minimum atomic E-state index is 0.0623. The second kappa shape index (κ2) is 5.57. The smallest absolute Gasteiger partial charge is 0.260 e. The van der Waals surface area contributed by atoms with Crippen molar-refractivity contribution in [3.05, 3.63) is 33.1 Å². The van der Waals surface area contributed by atoms with Crippen LogP contribution in [0.3, 0.4) is 0 Å². The van der Waals surface area contributed by atoms with Gasteiger partial charge in [-0.1, -0.05) is 6.92 Å². The topological polar surface area (TPSA) is 46.9 Å². The fraction of sp³-hybridized carbons (Fsp3) is 0.429. The summed E-state index contributed by atoms with van der Waals surface area (Å²) in [5.74, 6) is 0. The van der Waals surface area contributed by atoms with Gasteiger partial charge in [0.15, 0.2) is 5.13 Å². The molecule has 1 N–H and O–H groups in total. The Bertz CT molecular complexity index is 643. The average Bonchev–Trinajstić information content (AvgIpc) is 2.83. The Kier molecular flexibility index (Phi) is 4.04. The molecule has 0 aliphatic rings. The molecule has 0 spiro atoms. The molecule has 0 saturated heterocycles. The van der Waals surface area contributed by atoms with Crippen molar-refractivity contribution < 1.29 is 0 Å². The fourth-order valence-electron chi connectivity index (χ4n) is 2.24. The molecule has 0 bridgehead atoms. The SMILES string of the molecule is CCCn1c(C)cc(C)c(-c2csc(NC)n2)c1=O. The summed E-state index contributed by atoms with van der Waals surface area (Å²) in [6, 6.07) is 2.06. The maximum absolute atomic E-state index is 12.6. The number of hydrogen-bond acceptors (Lipinski definition) is 4. The lowest BCUT2D eigenvalue weighted by Crippen LogP contribution is -2.24. The van der Waals surface area contributed by atoms with Gasteiger partial charge < -0.3 is 9.88 Å². The Morgan fingerprint density at radius 3 is 2.74 bits per heavy atom. The molecule has 0 aliphatic heterocycles. The van der Waals surface area contributed by atoms with Crippen molar-refractivity contribution in [3.63, 3.8) is 0 Å². The van der Waals surface area contributed by atoms with Crippen LogP contribution in [-0.4, -0.2) is 16.6 Å². The van der Waals surface area contributed by atoms with Crippen LogP contribution in [0.5, 0.6) is 0 Å². The van der Waals surface area contributed by atoms with E-state index in [0.717, 1.165) is 40.6 Å². The van der Waals surface area contributed by atoms with Crippen molar-refractivity contribution in [1.29, 1.82) is 0 Å². The number of aryl methyl sites for hydroxylation is 2. The molecule has 2 aromatic rings. The molecule has 5 heteroatoms. The molecule has 2 rings (SSSR count). The van der Waals surface area contributed by atoms with Crippen LogP contribution in [0.25, 0.3) is 11.3 Å². The minimum Gasteiger partial charge on any atom is -0.365 e. The van der Waals surface area contributed by atoms with E-state index < -0.39 is 0 Å². The zero-order valence-electron chi connectivity index (χ0n) is 11.8.